The third-order valence-corrected chi connectivity index (χ3v) is 9.47. The Bertz CT molecular complexity index is 1610. The Labute approximate surface area is 254 Å². The Morgan fingerprint density at radius 1 is 1.14 bits per heavy atom. The molecule has 1 atom stereocenters. The number of halogens is 3. The van der Waals surface area contributed by atoms with Crippen molar-refractivity contribution in [3.63, 3.8) is 0 Å². The van der Waals surface area contributed by atoms with E-state index in [0.717, 1.165) is 38.8 Å². The summed E-state index contributed by atoms with van der Waals surface area (Å²) in [4.78, 5) is 23.0. The number of rotatable bonds is 10. The number of thioether (sulfide) groups is 1. The monoisotopic (exact) mass is 608 g/mol. The van der Waals surface area contributed by atoms with E-state index in [1.54, 1.807) is 30.0 Å². The van der Waals surface area contributed by atoms with Crippen LogP contribution in [-0.4, -0.2) is 64.9 Å². The molecule has 1 aromatic carbocycles. The standard InChI is InChI=1S/C33H35F3N4O2S/c1-5-28(35)27(22(3)34)17-26-21(2)30(25-7-6-8-29(42-4)31(25)36)32(41)40-24(20-43-33(26)40)19-39-15-13-38(14-16-39)18-23-9-11-37-12-10-23/h5-12,24H,1,3,13-20H2,2,4H3/b28-27+. The number of hydrogen-bond acceptors (Lipinski definition) is 6. The SMILES string of the molecule is C=C/C(F)=C(/Cc1c(C)c(-c2cccc(OC)c2F)c(=O)n2c1SCC2CN1CCN(Cc2ccncc2)CC1)C(=C)F. The molecule has 0 amide bonds. The summed E-state index contributed by atoms with van der Waals surface area (Å²) in [5.74, 6) is -1.78. The largest absolute Gasteiger partial charge is 0.494 e. The van der Waals surface area contributed by atoms with Crippen LogP contribution in [0.5, 0.6) is 5.75 Å². The number of benzene rings is 1. The minimum absolute atomic E-state index is 0.00864. The van der Waals surface area contributed by atoms with Crippen molar-refractivity contribution >= 4 is 11.8 Å². The number of piperazine rings is 1. The van der Waals surface area contributed by atoms with Crippen molar-refractivity contribution in [2.24, 2.45) is 0 Å². The van der Waals surface area contributed by atoms with Crippen LogP contribution in [0.4, 0.5) is 13.2 Å². The van der Waals surface area contributed by atoms with Gasteiger partial charge in [-0.25, -0.2) is 13.2 Å². The number of fused-ring (bicyclic) bond motifs is 1. The second-order valence-corrected chi connectivity index (χ2v) is 11.8. The molecule has 5 rings (SSSR count). The van der Waals surface area contributed by atoms with Crippen molar-refractivity contribution in [2.45, 2.75) is 31.0 Å². The van der Waals surface area contributed by atoms with Crippen molar-refractivity contribution < 1.29 is 17.9 Å². The summed E-state index contributed by atoms with van der Waals surface area (Å²) < 4.78 is 51.7. The van der Waals surface area contributed by atoms with Crippen LogP contribution in [0.2, 0.25) is 0 Å². The van der Waals surface area contributed by atoms with E-state index in [1.807, 2.05) is 12.1 Å². The van der Waals surface area contributed by atoms with Gasteiger partial charge in [-0.1, -0.05) is 25.3 Å². The van der Waals surface area contributed by atoms with Crippen LogP contribution in [-0.2, 0) is 13.0 Å². The van der Waals surface area contributed by atoms with Gasteiger partial charge in [-0.05, 0) is 47.9 Å². The van der Waals surface area contributed by atoms with Gasteiger partial charge in [0.15, 0.2) is 11.6 Å². The quantitative estimate of drug-likeness (QED) is 0.253. The van der Waals surface area contributed by atoms with Gasteiger partial charge < -0.3 is 4.74 Å². The maximum Gasteiger partial charge on any atom is 0.260 e. The Balaban J connectivity index is 1.51. The zero-order chi connectivity index (χ0) is 30.7. The lowest BCUT2D eigenvalue weighted by Gasteiger charge is -2.36. The van der Waals surface area contributed by atoms with Gasteiger partial charge in [0.05, 0.1) is 23.7 Å². The number of pyridine rings is 2. The van der Waals surface area contributed by atoms with Crippen molar-refractivity contribution in [3.8, 4) is 16.9 Å². The van der Waals surface area contributed by atoms with Crippen molar-refractivity contribution in [1.29, 1.82) is 0 Å². The van der Waals surface area contributed by atoms with Crippen LogP contribution < -0.4 is 10.3 Å². The number of ether oxygens (including phenoxy) is 1. The first kappa shape index (κ1) is 30.8. The molecule has 43 heavy (non-hydrogen) atoms. The summed E-state index contributed by atoms with van der Waals surface area (Å²) in [6.07, 6.45) is 4.39. The molecule has 1 unspecified atom stereocenters. The molecule has 6 nitrogen and oxygen atoms in total. The molecule has 0 aliphatic carbocycles. The minimum Gasteiger partial charge on any atom is -0.494 e. The normalized spacial score (nSPS) is 17.8. The molecular formula is C33H35F3N4O2S. The fourth-order valence-electron chi connectivity index (χ4n) is 5.87. The summed E-state index contributed by atoms with van der Waals surface area (Å²) in [5.41, 5.74) is 1.93. The molecule has 0 bridgehead atoms. The van der Waals surface area contributed by atoms with Crippen LogP contribution in [0, 0.1) is 12.7 Å². The average molecular weight is 609 g/mol. The fourth-order valence-corrected chi connectivity index (χ4v) is 7.25. The summed E-state index contributed by atoms with van der Waals surface area (Å²) in [7, 11) is 1.36. The first-order valence-electron chi connectivity index (χ1n) is 14.2. The molecule has 2 aliphatic heterocycles. The van der Waals surface area contributed by atoms with Crippen LogP contribution in [0.1, 0.15) is 22.7 Å². The van der Waals surface area contributed by atoms with E-state index in [0.29, 0.717) is 28.5 Å². The van der Waals surface area contributed by atoms with Gasteiger partial charge in [0, 0.05) is 75.0 Å². The summed E-state index contributed by atoms with van der Waals surface area (Å²) in [6, 6.07) is 8.49. The maximum absolute atomic E-state index is 15.6. The van der Waals surface area contributed by atoms with E-state index in [-0.39, 0.29) is 40.5 Å². The van der Waals surface area contributed by atoms with Gasteiger partial charge in [0.2, 0.25) is 0 Å². The second-order valence-electron chi connectivity index (χ2n) is 10.8. The number of allylic oxidation sites excluding steroid dienone is 4. The molecule has 1 saturated heterocycles. The molecule has 0 saturated carbocycles. The van der Waals surface area contributed by atoms with E-state index in [1.165, 1.54) is 36.6 Å². The number of methoxy groups -OCH3 is 1. The lowest BCUT2D eigenvalue weighted by molar-refractivity contribution is 0.116. The van der Waals surface area contributed by atoms with Crippen molar-refractivity contribution in [3.05, 3.63) is 112 Å². The zero-order valence-corrected chi connectivity index (χ0v) is 25.2. The molecule has 4 heterocycles. The smallest absolute Gasteiger partial charge is 0.260 e. The molecule has 3 aromatic rings. The molecule has 0 radical (unpaired) electrons. The molecule has 2 aromatic heterocycles. The average Bonchev–Trinajstić information content (AvgIpc) is 3.42. The van der Waals surface area contributed by atoms with Crippen molar-refractivity contribution in [1.82, 2.24) is 19.4 Å². The summed E-state index contributed by atoms with van der Waals surface area (Å²) in [6.45, 7) is 13.4. The second kappa shape index (κ2) is 13.4. The Morgan fingerprint density at radius 3 is 2.49 bits per heavy atom. The van der Waals surface area contributed by atoms with Crippen LogP contribution in [0.3, 0.4) is 0 Å². The predicted molar refractivity (Wildman–Crippen MR) is 165 cm³/mol. The van der Waals surface area contributed by atoms with Crippen molar-refractivity contribution in [2.75, 3.05) is 45.6 Å². The molecule has 1 fully saturated rings. The zero-order valence-electron chi connectivity index (χ0n) is 24.4. The van der Waals surface area contributed by atoms with E-state index in [2.05, 4.69) is 27.9 Å². The van der Waals surface area contributed by atoms with Crippen LogP contribution in [0.25, 0.3) is 11.1 Å². The molecular weight excluding hydrogens is 573 g/mol. The summed E-state index contributed by atoms with van der Waals surface area (Å²) >= 11 is 1.49. The van der Waals surface area contributed by atoms with E-state index < -0.39 is 17.5 Å². The highest BCUT2D eigenvalue weighted by Crippen LogP contribution is 2.41. The third kappa shape index (κ3) is 6.37. The fraction of sp³-hybridized carbons (Fsp3) is 0.333. The first-order chi connectivity index (χ1) is 20.7. The highest BCUT2D eigenvalue weighted by atomic mass is 32.2. The minimum atomic E-state index is -0.917. The number of aromatic nitrogens is 2. The number of hydrogen-bond donors (Lipinski definition) is 0. The van der Waals surface area contributed by atoms with Gasteiger partial charge in [-0.2, -0.15) is 0 Å². The Morgan fingerprint density at radius 2 is 1.84 bits per heavy atom. The molecule has 10 heteroatoms. The molecule has 0 N–H and O–H groups in total. The van der Waals surface area contributed by atoms with Gasteiger partial charge in [0.1, 0.15) is 11.7 Å². The molecule has 0 spiro atoms. The van der Waals surface area contributed by atoms with E-state index in [9.17, 15) is 13.6 Å². The predicted octanol–water partition coefficient (Wildman–Crippen LogP) is 6.27. The highest BCUT2D eigenvalue weighted by molar-refractivity contribution is 7.99. The van der Waals surface area contributed by atoms with Gasteiger partial charge in [0.25, 0.3) is 5.56 Å². The Hall–Kier alpha value is -3.60. The molecule has 226 valence electrons. The maximum atomic E-state index is 15.6. The first-order valence-corrected chi connectivity index (χ1v) is 15.1. The topological polar surface area (TPSA) is 50.6 Å². The van der Waals surface area contributed by atoms with Gasteiger partial charge >= 0.3 is 0 Å². The lowest BCUT2D eigenvalue weighted by Crippen LogP contribution is -2.48. The van der Waals surface area contributed by atoms with Gasteiger partial charge in [-0.3, -0.25) is 24.1 Å². The highest BCUT2D eigenvalue weighted by Gasteiger charge is 2.33. The van der Waals surface area contributed by atoms with Gasteiger partial charge in [-0.15, -0.1) is 11.8 Å². The number of nitrogens with zero attached hydrogens (tertiary/aromatic N) is 4. The van der Waals surface area contributed by atoms with E-state index in [4.69, 9.17) is 4.74 Å². The summed E-state index contributed by atoms with van der Waals surface area (Å²) in [5, 5.41) is 0.645. The van der Waals surface area contributed by atoms with Crippen LogP contribution >= 0.6 is 11.8 Å². The van der Waals surface area contributed by atoms with E-state index >= 15 is 4.39 Å². The Kier molecular flexibility index (Phi) is 9.59. The third-order valence-electron chi connectivity index (χ3n) is 8.21. The van der Waals surface area contributed by atoms with Crippen LogP contribution in [0.15, 0.2) is 89.0 Å². The molecule has 2 aliphatic rings. The lowest BCUT2D eigenvalue weighted by atomic mass is 9.93.